The molecule has 0 unspecified atom stereocenters. The standard InChI is InChI=1S/C14H19F2N3O2/c1-14(2,3)19-12(20)4-5-18-13(21)8-6-11(17)10(16)7-9(8)15/h6-7H,4-5,17H2,1-3H3,(H,18,21)(H,19,20). The van der Waals surface area contributed by atoms with Crippen molar-refractivity contribution in [3.05, 3.63) is 29.3 Å². The lowest BCUT2D eigenvalue weighted by Gasteiger charge is -2.20. The Bertz CT molecular complexity index is 554. The lowest BCUT2D eigenvalue weighted by Crippen LogP contribution is -2.42. The first kappa shape index (κ1) is 16.9. The minimum absolute atomic E-state index is 0.0392. The van der Waals surface area contributed by atoms with E-state index in [4.69, 9.17) is 5.73 Å². The highest BCUT2D eigenvalue weighted by atomic mass is 19.1. The Hall–Kier alpha value is -2.18. The number of benzene rings is 1. The smallest absolute Gasteiger partial charge is 0.254 e. The molecule has 2 amide bonds. The zero-order valence-corrected chi connectivity index (χ0v) is 12.2. The molecule has 0 bridgehead atoms. The minimum atomic E-state index is -1.00. The van der Waals surface area contributed by atoms with E-state index < -0.39 is 17.5 Å². The number of hydrogen-bond donors (Lipinski definition) is 3. The molecule has 0 radical (unpaired) electrons. The molecule has 0 fully saturated rings. The van der Waals surface area contributed by atoms with Gasteiger partial charge in [-0.3, -0.25) is 9.59 Å². The molecule has 116 valence electrons. The Morgan fingerprint density at radius 2 is 1.81 bits per heavy atom. The summed E-state index contributed by atoms with van der Waals surface area (Å²) in [7, 11) is 0. The highest BCUT2D eigenvalue weighted by molar-refractivity contribution is 5.95. The number of halogens is 2. The summed E-state index contributed by atoms with van der Waals surface area (Å²) in [4.78, 5) is 23.3. The van der Waals surface area contributed by atoms with Crippen LogP contribution in [0.3, 0.4) is 0 Å². The second kappa shape index (κ2) is 6.51. The quantitative estimate of drug-likeness (QED) is 0.738. The molecule has 1 aromatic carbocycles. The molecule has 21 heavy (non-hydrogen) atoms. The van der Waals surface area contributed by atoms with Crippen LogP contribution in [0.25, 0.3) is 0 Å². The number of amides is 2. The number of anilines is 1. The van der Waals surface area contributed by atoms with Gasteiger partial charge in [-0.1, -0.05) is 0 Å². The van der Waals surface area contributed by atoms with Gasteiger partial charge in [0.25, 0.3) is 5.91 Å². The average Bonchev–Trinajstić information content (AvgIpc) is 2.31. The van der Waals surface area contributed by atoms with Gasteiger partial charge in [-0.2, -0.15) is 0 Å². The molecule has 5 nitrogen and oxygen atoms in total. The SMILES string of the molecule is CC(C)(C)NC(=O)CCNC(=O)c1cc(N)c(F)cc1F. The fraction of sp³-hybridized carbons (Fsp3) is 0.429. The summed E-state index contributed by atoms with van der Waals surface area (Å²) in [5, 5.41) is 5.11. The maximum Gasteiger partial charge on any atom is 0.254 e. The monoisotopic (exact) mass is 299 g/mol. The first-order valence-electron chi connectivity index (χ1n) is 6.44. The van der Waals surface area contributed by atoms with Gasteiger partial charge in [-0.05, 0) is 26.8 Å². The Labute approximate surface area is 121 Å². The fourth-order valence-electron chi connectivity index (χ4n) is 1.61. The van der Waals surface area contributed by atoms with Crippen molar-refractivity contribution >= 4 is 17.5 Å². The Morgan fingerprint density at radius 1 is 1.19 bits per heavy atom. The lowest BCUT2D eigenvalue weighted by atomic mass is 10.1. The van der Waals surface area contributed by atoms with Gasteiger partial charge in [-0.15, -0.1) is 0 Å². The topological polar surface area (TPSA) is 84.2 Å². The first-order valence-corrected chi connectivity index (χ1v) is 6.44. The molecule has 0 aliphatic carbocycles. The third-order valence-electron chi connectivity index (χ3n) is 2.48. The molecule has 0 aliphatic rings. The second-order valence-corrected chi connectivity index (χ2v) is 5.66. The van der Waals surface area contributed by atoms with E-state index >= 15 is 0 Å². The Morgan fingerprint density at radius 3 is 2.38 bits per heavy atom. The molecule has 0 heterocycles. The predicted molar refractivity (Wildman–Crippen MR) is 75.6 cm³/mol. The van der Waals surface area contributed by atoms with E-state index in [1.807, 2.05) is 20.8 Å². The van der Waals surface area contributed by atoms with E-state index in [0.717, 1.165) is 6.07 Å². The molecule has 0 saturated carbocycles. The number of rotatable bonds is 4. The summed E-state index contributed by atoms with van der Waals surface area (Å²) >= 11 is 0. The van der Waals surface area contributed by atoms with Crippen LogP contribution in [-0.2, 0) is 4.79 Å². The largest absolute Gasteiger partial charge is 0.396 e. The van der Waals surface area contributed by atoms with Crippen molar-refractivity contribution in [3.63, 3.8) is 0 Å². The third-order valence-corrected chi connectivity index (χ3v) is 2.48. The molecular weight excluding hydrogens is 280 g/mol. The molecule has 1 rings (SSSR count). The molecule has 0 aromatic heterocycles. The molecule has 1 aromatic rings. The molecule has 0 atom stereocenters. The van der Waals surface area contributed by atoms with E-state index in [1.54, 1.807) is 0 Å². The van der Waals surface area contributed by atoms with Gasteiger partial charge < -0.3 is 16.4 Å². The maximum atomic E-state index is 13.5. The van der Waals surface area contributed by atoms with Crippen LogP contribution >= 0.6 is 0 Å². The van der Waals surface area contributed by atoms with Crippen LogP contribution in [0.5, 0.6) is 0 Å². The van der Waals surface area contributed by atoms with Crippen LogP contribution in [0, 0.1) is 11.6 Å². The van der Waals surface area contributed by atoms with Crippen molar-refractivity contribution in [2.24, 2.45) is 0 Å². The van der Waals surface area contributed by atoms with Gasteiger partial charge in [0.15, 0.2) is 0 Å². The summed E-state index contributed by atoms with van der Waals surface area (Å²) in [6.07, 6.45) is 0.0569. The Balaban J connectivity index is 2.55. The van der Waals surface area contributed by atoms with Gasteiger partial charge in [-0.25, -0.2) is 8.78 Å². The van der Waals surface area contributed by atoms with Gasteiger partial charge in [0.1, 0.15) is 11.6 Å². The van der Waals surface area contributed by atoms with Crippen LogP contribution in [0.2, 0.25) is 0 Å². The molecule has 7 heteroatoms. The number of nitrogen functional groups attached to an aromatic ring is 1. The van der Waals surface area contributed by atoms with Gasteiger partial charge in [0.05, 0.1) is 11.3 Å². The van der Waals surface area contributed by atoms with Crippen LogP contribution < -0.4 is 16.4 Å². The summed E-state index contributed by atoms with van der Waals surface area (Å²) in [6.45, 7) is 5.54. The highest BCUT2D eigenvalue weighted by Gasteiger charge is 2.16. The van der Waals surface area contributed by atoms with Crippen LogP contribution in [0.4, 0.5) is 14.5 Å². The van der Waals surface area contributed by atoms with Crippen molar-refractivity contribution in [1.82, 2.24) is 10.6 Å². The normalized spacial score (nSPS) is 11.1. The maximum absolute atomic E-state index is 13.5. The van der Waals surface area contributed by atoms with Crippen molar-refractivity contribution in [2.45, 2.75) is 32.7 Å². The Kier molecular flexibility index (Phi) is 5.23. The van der Waals surface area contributed by atoms with Crippen LogP contribution in [0.1, 0.15) is 37.6 Å². The number of carbonyl (C=O) groups is 2. The highest BCUT2D eigenvalue weighted by Crippen LogP contribution is 2.16. The molecule has 0 spiro atoms. The zero-order chi connectivity index (χ0) is 16.2. The van der Waals surface area contributed by atoms with Crippen molar-refractivity contribution < 1.29 is 18.4 Å². The van der Waals surface area contributed by atoms with E-state index in [9.17, 15) is 18.4 Å². The van der Waals surface area contributed by atoms with Crippen LogP contribution in [-0.4, -0.2) is 23.9 Å². The second-order valence-electron chi connectivity index (χ2n) is 5.66. The first-order chi connectivity index (χ1) is 9.60. The fourth-order valence-corrected chi connectivity index (χ4v) is 1.61. The number of nitrogens with one attached hydrogen (secondary N) is 2. The van der Waals surface area contributed by atoms with Gasteiger partial charge in [0, 0.05) is 24.6 Å². The molecule has 0 aliphatic heterocycles. The van der Waals surface area contributed by atoms with E-state index in [1.165, 1.54) is 0 Å². The zero-order valence-electron chi connectivity index (χ0n) is 12.2. The number of hydrogen-bond acceptors (Lipinski definition) is 3. The van der Waals surface area contributed by atoms with E-state index in [2.05, 4.69) is 10.6 Å². The molecule has 0 saturated heterocycles. The predicted octanol–water partition coefficient (Wildman–Crippen LogP) is 1.58. The van der Waals surface area contributed by atoms with Crippen molar-refractivity contribution in [2.75, 3.05) is 12.3 Å². The lowest BCUT2D eigenvalue weighted by molar-refractivity contribution is -0.122. The van der Waals surface area contributed by atoms with E-state index in [-0.39, 0.29) is 35.7 Å². The van der Waals surface area contributed by atoms with Crippen molar-refractivity contribution in [3.8, 4) is 0 Å². The summed E-state index contributed by atoms with van der Waals surface area (Å²) in [6, 6.07) is 1.48. The summed E-state index contributed by atoms with van der Waals surface area (Å²) in [5.74, 6) is -2.91. The molecular formula is C14H19F2N3O2. The van der Waals surface area contributed by atoms with E-state index in [0.29, 0.717) is 6.07 Å². The van der Waals surface area contributed by atoms with Crippen molar-refractivity contribution in [1.29, 1.82) is 0 Å². The summed E-state index contributed by atoms with van der Waals surface area (Å²) in [5.41, 5.74) is 4.26. The average molecular weight is 299 g/mol. The minimum Gasteiger partial charge on any atom is -0.396 e. The summed E-state index contributed by atoms with van der Waals surface area (Å²) < 4.78 is 26.4. The number of nitrogens with two attached hydrogens (primary N) is 1. The number of carbonyl (C=O) groups excluding carboxylic acids is 2. The van der Waals surface area contributed by atoms with Gasteiger partial charge >= 0.3 is 0 Å². The van der Waals surface area contributed by atoms with Crippen LogP contribution in [0.15, 0.2) is 12.1 Å². The van der Waals surface area contributed by atoms with Gasteiger partial charge in [0.2, 0.25) is 5.91 Å². The third kappa shape index (κ3) is 5.37. The molecule has 4 N–H and O–H groups in total.